The second-order valence-electron chi connectivity index (χ2n) is 6.89. The molecule has 2 rings (SSSR count). The normalized spacial score (nSPS) is 24.3. The lowest BCUT2D eigenvalue weighted by Gasteiger charge is -2.38. The molecule has 114 valence electrons. The third-order valence-electron chi connectivity index (χ3n) is 4.04. The van der Waals surface area contributed by atoms with Gasteiger partial charge in [0.1, 0.15) is 12.4 Å². The minimum atomic E-state index is 0.355. The molecule has 1 aromatic rings. The summed E-state index contributed by atoms with van der Waals surface area (Å²) in [6.07, 6.45) is 3.93. The Balaban J connectivity index is 1.70. The van der Waals surface area contributed by atoms with E-state index < -0.39 is 0 Å². The molecular formula is C18H25NO2. The highest BCUT2D eigenvalue weighted by Gasteiger charge is 2.32. The predicted molar refractivity (Wildman–Crippen MR) is 83.2 cm³/mol. The smallest absolute Gasteiger partial charge is 0.119 e. The van der Waals surface area contributed by atoms with E-state index in [1.54, 1.807) is 12.1 Å². The molecule has 2 atom stereocenters. The van der Waals surface area contributed by atoms with Gasteiger partial charge in [0.05, 0.1) is 24.3 Å². The zero-order chi connectivity index (χ0) is 15.3. The molecule has 21 heavy (non-hydrogen) atoms. The fourth-order valence-electron chi connectivity index (χ4n) is 3.39. The van der Waals surface area contributed by atoms with Gasteiger partial charge in [0.15, 0.2) is 0 Å². The SMILES string of the molecule is CC1CC(OCCOc2ccc(C#N)cc2)CC(C)(C)C1. The topological polar surface area (TPSA) is 42.2 Å². The molecule has 3 heteroatoms. The van der Waals surface area contributed by atoms with E-state index in [9.17, 15) is 0 Å². The first kappa shape index (κ1) is 15.9. The zero-order valence-electron chi connectivity index (χ0n) is 13.3. The van der Waals surface area contributed by atoms with Gasteiger partial charge in [-0.2, -0.15) is 5.26 Å². The van der Waals surface area contributed by atoms with Crippen molar-refractivity contribution in [1.82, 2.24) is 0 Å². The van der Waals surface area contributed by atoms with E-state index >= 15 is 0 Å². The van der Waals surface area contributed by atoms with Gasteiger partial charge < -0.3 is 9.47 Å². The number of ether oxygens (including phenoxy) is 2. The summed E-state index contributed by atoms with van der Waals surface area (Å²) in [5.74, 6) is 1.52. The third kappa shape index (κ3) is 5.06. The number of hydrogen-bond donors (Lipinski definition) is 0. The van der Waals surface area contributed by atoms with E-state index in [1.807, 2.05) is 12.1 Å². The summed E-state index contributed by atoms with van der Waals surface area (Å²) in [6, 6.07) is 9.27. The fraction of sp³-hybridized carbons (Fsp3) is 0.611. The van der Waals surface area contributed by atoms with Crippen LogP contribution in [0.4, 0.5) is 0 Å². The highest BCUT2D eigenvalue weighted by molar-refractivity contribution is 5.34. The van der Waals surface area contributed by atoms with Gasteiger partial charge in [-0.25, -0.2) is 0 Å². The van der Waals surface area contributed by atoms with Crippen molar-refractivity contribution in [1.29, 1.82) is 5.26 Å². The minimum absolute atomic E-state index is 0.355. The molecule has 0 heterocycles. The van der Waals surface area contributed by atoms with Crippen LogP contribution in [0.1, 0.15) is 45.6 Å². The molecule has 0 saturated heterocycles. The molecule has 0 radical (unpaired) electrons. The van der Waals surface area contributed by atoms with Gasteiger partial charge in [0.2, 0.25) is 0 Å². The van der Waals surface area contributed by atoms with Crippen molar-refractivity contribution in [2.24, 2.45) is 11.3 Å². The average molecular weight is 287 g/mol. The molecule has 1 fully saturated rings. The van der Waals surface area contributed by atoms with Crippen molar-refractivity contribution in [3.05, 3.63) is 29.8 Å². The second-order valence-corrected chi connectivity index (χ2v) is 6.89. The number of nitriles is 1. The first-order valence-electron chi connectivity index (χ1n) is 7.73. The number of hydrogen-bond acceptors (Lipinski definition) is 3. The van der Waals surface area contributed by atoms with Crippen LogP contribution in [0.15, 0.2) is 24.3 Å². The van der Waals surface area contributed by atoms with E-state index in [4.69, 9.17) is 14.7 Å². The van der Waals surface area contributed by atoms with Gasteiger partial charge in [0, 0.05) is 0 Å². The molecule has 1 aliphatic rings. The Morgan fingerprint density at radius 2 is 1.90 bits per heavy atom. The van der Waals surface area contributed by atoms with Gasteiger partial charge in [-0.1, -0.05) is 20.8 Å². The van der Waals surface area contributed by atoms with Crippen molar-refractivity contribution in [3.63, 3.8) is 0 Å². The van der Waals surface area contributed by atoms with Crippen molar-refractivity contribution >= 4 is 0 Å². The Labute approximate surface area is 127 Å². The van der Waals surface area contributed by atoms with Crippen LogP contribution in [0.2, 0.25) is 0 Å². The molecular weight excluding hydrogens is 262 g/mol. The first-order chi connectivity index (χ1) is 9.98. The maximum absolute atomic E-state index is 8.74. The summed E-state index contributed by atoms with van der Waals surface area (Å²) >= 11 is 0. The van der Waals surface area contributed by atoms with Gasteiger partial charge in [-0.3, -0.25) is 0 Å². The molecule has 0 amide bonds. The van der Waals surface area contributed by atoms with E-state index in [-0.39, 0.29) is 0 Å². The molecule has 1 aliphatic carbocycles. The van der Waals surface area contributed by atoms with Gasteiger partial charge in [-0.05, 0) is 54.9 Å². The number of rotatable bonds is 5. The molecule has 0 aliphatic heterocycles. The lowest BCUT2D eigenvalue weighted by Crippen LogP contribution is -2.33. The van der Waals surface area contributed by atoms with Crippen LogP contribution >= 0.6 is 0 Å². The fourth-order valence-corrected chi connectivity index (χ4v) is 3.39. The molecule has 1 saturated carbocycles. The molecule has 2 unspecified atom stereocenters. The van der Waals surface area contributed by atoms with E-state index in [0.29, 0.717) is 30.3 Å². The van der Waals surface area contributed by atoms with Crippen LogP contribution < -0.4 is 4.74 Å². The van der Waals surface area contributed by atoms with Gasteiger partial charge in [-0.15, -0.1) is 0 Å². The van der Waals surface area contributed by atoms with Crippen LogP contribution in [0.25, 0.3) is 0 Å². The lowest BCUT2D eigenvalue weighted by molar-refractivity contribution is -0.0317. The van der Waals surface area contributed by atoms with Crippen molar-refractivity contribution in [2.75, 3.05) is 13.2 Å². The minimum Gasteiger partial charge on any atom is -0.491 e. The van der Waals surface area contributed by atoms with Crippen LogP contribution in [-0.2, 0) is 4.74 Å². The summed E-state index contributed by atoms with van der Waals surface area (Å²) < 4.78 is 11.6. The Kier molecular flexibility index (Phi) is 5.25. The van der Waals surface area contributed by atoms with Gasteiger partial charge >= 0.3 is 0 Å². The molecule has 0 spiro atoms. The van der Waals surface area contributed by atoms with Crippen LogP contribution in [0.5, 0.6) is 5.75 Å². The molecule has 1 aromatic carbocycles. The number of nitrogens with zero attached hydrogens (tertiary/aromatic N) is 1. The van der Waals surface area contributed by atoms with E-state index in [2.05, 4.69) is 26.8 Å². The second kappa shape index (κ2) is 6.95. The van der Waals surface area contributed by atoms with Gasteiger partial charge in [0.25, 0.3) is 0 Å². The first-order valence-corrected chi connectivity index (χ1v) is 7.73. The van der Waals surface area contributed by atoms with E-state index in [1.165, 1.54) is 6.42 Å². The summed E-state index contributed by atoms with van der Waals surface area (Å²) in [4.78, 5) is 0. The summed E-state index contributed by atoms with van der Waals surface area (Å²) in [5.41, 5.74) is 1.04. The quantitative estimate of drug-likeness (QED) is 0.763. The Hall–Kier alpha value is -1.53. The summed E-state index contributed by atoms with van der Waals surface area (Å²) in [6.45, 7) is 8.13. The van der Waals surface area contributed by atoms with Crippen LogP contribution in [0, 0.1) is 22.7 Å². The molecule has 3 nitrogen and oxygen atoms in total. The summed E-state index contributed by atoms with van der Waals surface area (Å²) in [5, 5.41) is 8.74. The molecule has 0 bridgehead atoms. The highest BCUT2D eigenvalue weighted by Crippen LogP contribution is 2.39. The van der Waals surface area contributed by atoms with Crippen LogP contribution in [0.3, 0.4) is 0 Å². The Morgan fingerprint density at radius 1 is 1.19 bits per heavy atom. The Morgan fingerprint density at radius 3 is 2.52 bits per heavy atom. The van der Waals surface area contributed by atoms with E-state index in [0.717, 1.165) is 24.5 Å². The summed E-state index contributed by atoms with van der Waals surface area (Å²) in [7, 11) is 0. The highest BCUT2D eigenvalue weighted by atomic mass is 16.5. The lowest BCUT2D eigenvalue weighted by atomic mass is 9.71. The molecule has 0 aromatic heterocycles. The maximum Gasteiger partial charge on any atom is 0.119 e. The monoisotopic (exact) mass is 287 g/mol. The molecule has 0 N–H and O–H groups in total. The van der Waals surface area contributed by atoms with Crippen LogP contribution in [-0.4, -0.2) is 19.3 Å². The largest absolute Gasteiger partial charge is 0.491 e. The number of benzene rings is 1. The zero-order valence-corrected chi connectivity index (χ0v) is 13.3. The third-order valence-corrected chi connectivity index (χ3v) is 4.04. The predicted octanol–water partition coefficient (Wildman–Crippen LogP) is 4.17. The van der Waals surface area contributed by atoms with Crippen molar-refractivity contribution in [3.8, 4) is 11.8 Å². The average Bonchev–Trinajstić information content (AvgIpc) is 2.42. The van der Waals surface area contributed by atoms with Crippen molar-refractivity contribution in [2.45, 2.75) is 46.1 Å². The maximum atomic E-state index is 8.74. The Bertz CT molecular complexity index is 487. The van der Waals surface area contributed by atoms with Crippen molar-refractivity contribution < 1.29 is 9.47 Å². The standard InChI is InChI=1S/C18H25NO2/c1-14-10-17(12-18(2,3)11-14)21-9-8-20-16-6-4-15(13-19)5-7-16/h4-7,14,17H,8-12H2,1-3H3.